The highest BCUT2D eigenvalue weighted by molar-refractivity contribution is 5.96. The van der Waals surface area contributed by atoms with Crippen LogP contribution in [0.5, 0.6) is 0 Å². The fourth-order valence-electron chi connectivity index (χ4n) is 3.85. The predicted molar refractivity (Wildman–Crippen MR) is 95.9 cm³/mol. The lowest BCUT2D eigenvalue weighted by Gasteiger charge is -2.34. The summed E-state index contributed by atoms with van der Waals surface area (Å²) in [6.07, 6.45) is 3.35. The first kappa shape index (κ1) is 18.4. The van der Waals surface area contributed by atoms with E-state index in [1.54, 1.807) is 11.6 Å². The van der Waals surface area contributed by atoms with Gasteiger partial charge in [-0.3, -0.25) is 14.3 Å². The van der Waals surface area contributed by atoms with Crippen LogP contribution in [0, 0.1) is 20.8 Å². The third-order valence-electron chi connectivity index (χ3n) is 5.08. The summed E-state index contributed by atoms with van der Waals surface area (Å²) in [5.74, 6) is 0.861. The number of likely N-dealkylation sites (tertiary alicyclic amines) is 1. The number of hydrogen-bond donors (Lipinski definition) is 0. The summed E-state index contributed by atoms with van der Waals surface area (Å²) in [6, 6.07) is 1.90. The zero-order chi connectivity index (χ0) is 18.8. The second-order valence-electron chi connectivity index (χ2n) is 7.04. The van der Waals surface area contributed by atoms with Gasteiger partial charge in [0.1, 0.15) is 11.5 Å². The molecular formula is C19H26N4O3. The molecule has 1 fully saturated rings. The lowest BCUT2D eigenvalue weighted by molar-refractivity contribution is -0.135. The summed E-state index contributed by atoms with van der Waals surface area (Å²) in [5, 5.41) is 8.54. The first-order valence-electron chi connectivity index (χ1n) is 9.16. The van der Waals surface area contributed by atoms with Gasteiger partial charge in [-0.15, -0.1) is 0 Å². The van der Waals surface area contributed by atoms with Crippen molar-refractivity contribution in [2.75, 3.05) is 6.54 Å². The third-order valence-corrected chi connectivity index (χ3v) is 5.08. The smallest absolute Gasteiger partial charge is 0.225 e. The Morgan fingerprint density at radius 1 is 1.27 bits per heavy atom. The number of ketones is 1. The molecule has 3 heterocycles. The van der Waals surface area contributed by atoms with Crippen molar-refractivity contribution in [2.24, 2.45) is 0 Å². The molecule has 26 heavy (non-hydrogen) atoms. The molecule has 1 amide bonds. The number of hydrogen-bond acceptors (Lipinski definition) is 5. The van der Waals surface area contributed by atoms with E-state index in [9.17, 15) is 9.59 Å². The molecule has 1 unspecified atom stereocenters. The van der Waals surface area contributed by atoms with Gasteiger partial charge in [0.15, 0.2) is 5.78 Å². The lowest BCUT2D eigenvalue weighted by atomic mass is 9.98. The molecule has 0 N–H and O–H groups in total. The molecule has 2 aromatic rings. The van der Waals surface area contributed by atoms with E-state index in [0.29, 0.717) is 18.5 Å². The Hall–Kier alpha value is -2.44. The van der Waals surface area contributed by atoms with Crippen molar-refractivity contribution in [2.45, 2.75) is 66.0 Å². The lowest BCUT2D eigenvalue weighted by Crippen LogP contribution is -2.39. The minimum absolute atomic E-state index is 0.00933. The van der Waals surface area contributed by atoms with Crippen LogP contribution in [0.15, 0.2) is 10.6 Å². The van der Waals surface area contributed by atoms with Gasteiger partial charge in [0, 0.05) is 31.3 Å². The molecular weight excluding hydrogens is 332 g/mol. The molecule has 1 atom stereocenters. The van der Waals surface area contributed by atoms with Crippen molar-refractivity contribution in [3.63, 3.8) is 0 Å². The van der Waals surface area contributed by atoms with Gasteiger partial charge in [-0.25, -0.2) is 0 Å². The number of nitrogens with zero attached hydrogens (tertiary/aromatic N) is 4. The highest BCUT2D eigenvalue weighted by Gasteiger charge is 2.30. The van der Waals surface area contributed by atoms with Crippen molar-refractivity contribution >= 4 is 11.7 Å². The van der Waals surface area contributed by atoms with Crippen molar-refractivity contribution in [3.8, 4) is 0 Å². The van der Waals surface area contributed by atoms with E-state index in [-0.39, 0.29) is 17.7 Å². The maximum absolute atomic E-state index is 12.9. The third kappa shape index (κ3) is 3.57. The van der Waals surface area contributed by atoms with E-state index in [1.807, 2.05) is 31.7 Å². The molecule has 7 nitrogen and oxygen atoms in total. The molecule has 1 aliphatic rings. The van der Waals surface area contributed by atoms with Crippen molar-refractivity contribution in [1.29, 1.82) is 0 Å². The number of carbonyl (C=O) groups is 2. The van der Waals surface area contributed by atoms with Crippen LogP contribution in [0.2, 0.25) is 0 Å². The second-order valence-corrected chi connectivity index (χ2v) is 7.04. The summed E-state index contributed by atoms with van der Waals surface area (Å²) >= 11 is 0. The second kappa shape index (κ2) is 7.43. The fraction of sp³-hybridized carbons (Fsp3) is 0.579. The first-order valence-corrected chi connectivity index (χ1v) is 9.16. The first-order chi connectivity index (χ1) is 12.4. The average Bonchev–Trinajstić information content (AvgIpc) is 3.15. The SMILES string of the molecule is CC(=O)c1c(C)nn(CCC(=O)N2CCCCC2c2cc(C)on2)c1C. The molecule has 0 radical (unpaired) electrons. The van der Waals surface area contributed by atoms with Gasteiger partial charge < -0.3 is 9.42 Å². The monoisotopic (exact) mass is 358 g/mol. The fourth-order valence-corrected chi connectivity index (χ4v) is 3.85. The molecule has 0 aliphatic carbocycles. The number of Topliss-reactive ketones (excluding diaryl/α,β-unsaturated/α-hetero) is 1. The van der Waals surface area contributed by atoms with Crippen LogP contribution in [-0.4, -0.2) is 38.1 Å². The molecule has 0 saturated carbocycles. The van der Waals surface area contributed by atoms with Gasteiger partial charge in [0.25, 0.3) is 0 Å². The van der Waals surface area contributed by atoms with E-state index in [0.717, 1.165) is 48.6 Å². The van der Waals surface area contributed by atoms with Crippen molar-refractivity contribution in [3.05, 3.63) is 34.5 Å². The molecule has 3 rings (SSSR count). The zero-order valence-corrected chi connectivity index (χ0v) is 15.9. The number of rotatable bonds is 5. The summed E-state index contributed by atoms with van der Waals surface area (Å²) < 4.78 is 6.96. The maximum Gasteiger partial charge on any atom is 0.225 e. The number of aromatic nitrogens is 3. The zero-order valence-electron chi connectivity index (χ0n) is 15.9. The highest BCUT2D eigenvalue weighted by atomic mass is 16.5. The minimum atomic E-state index is -0.0121. The molecule has 1 aliphatic heterocycles. The van der Waals surface area contributed by atoms with Gasteiger partial charge in [-0.05, 0) is 47.0 Å². The van der Waals surface area contributed by atoms with Crippen LogP contribution in [-0.2, 0) is 11.3 Å². The van der Waals surface area contributed by atoms with E-state index in [2.05, 4.69) is 10.3 Å². The van der Waals surface area contributed by atoms with Crippen LogP contribution in [0.4, 0.5) is 0 Å². The summed E-state index contributed by atoms with van der Waals surface area (Å²) in [5.41, 5.74) is 3.04. The van der Waals surface area contributed by atoms with Gasteiger partial charge in [0.2, 0.25) is 5.91 Å². The largest absolute Gasteiger partial charge is 0.361 e. The van der Waals surface area contributed by atoms with Crippen molar-refractivity contribution < 1.29 is 14.1 Å². The predicted octanol–water partition coefficient (Wildman–Crippen LogP) is 3.14. The number of aryl methyl sites for hydroxylation is 3. The van der Waals surface area contributed by atoms with Gasteiger partial charge in [-0.2, -0.15) is 5.10 Å². The average molecular weight is 358 g/mol. The molecule has 0 bridgehead atoms. The van der Waals surface area contributed by atoms with Crippen molar-refractivity contribution in [1.82, 2.24) is 19.8 Å². The molecule has 7 heteroatoms. The number of piperidine rings is 1. The van der Waals surface area contributed by atoms with Gasteiger partial charge in [0.05, 0.1) is 17.3 Å². The van der Waals surface area contributed by atoms with Crippen LogP contribution < -0.4 is 0 Å². The molecule has 2 aromatic heterocycles. The molecule has 140 valence electrons. The van der Waals surface area contributed by atoms with E-state index in [4.69, 9.17) is 4.52 Å². The Balaban J connectivity index is 1.71. The maximum atomic E-state index is 12.9. The topological polar surface area (TPSA) is 81.2 Å². The Morgan fingerprint density at radius 3 is 2.65 bits per heavy atom. The van der Waals surface area contributed by atoms with Crippen LogP contribution >= 0.6 is 0 Å². The Morgan fingerprint density at radius 2 is 2.04 bits per heavy atom. The van der Waals surface area contributed by atoms with Gasteiger partial charge in [-0.1, -0.05) is 5.16 Å². The van der Waals surface area contributed by atoms with E-state index >= 15 is 0 Å². The normalized spacial score (nSPS) is 17.5. The quantitative estimate of drug-likeness (QED) is 0.767. The highest BCUT2D eigenvalue weighted by Crippen LogP contribution is 2.31. The van der Waals surface area contributed by atoms with Crippen LogP contribution in [0.3, 0.4) is 0 Å². The van der Waals surface area contributed by atoms with Crippen LogP contribution in [0.1, 0.15) is 71.8 Å². The Bertz CT molecular complexity index is 821. The molecule has 0 spiro atoms. The summed E-state index contributed by atoms with van der Waals surface area (Å²) in [6.45, 7) is 8.33. The van der Waals surface area contributed by atoms with E-state index < -0.39 is 0 Å². The Labute approximate surface area is 153 Å². The number of amides is 1. The van der Waals surface area contributed by atoms with E-state index in [1.165, 1.54) is 0 Å². The Kier molecular flexibility index (Phi) is 5.25. The molecule has 0 aromatic carbocycles. The molecule has 1 saturated heterocycles. The van der Waals surface area contributed by atoms with Gasteiger partial charge >= 0.3 is 0 Å². The number of carbonyl (C=O) groups excluding carboxylic acids is 2. The van der Waals surface area contributed by atoms with Crippen LogP contribution in [0.25, 0.3) is 0 Å². The summed E-state index contributed by atoms with van der Waals surface area (Å²) in [4.78, 5) is 26.5. The summed E-state index contributed by atoms with van der Waals surface area (Å²) in [7, 11) is 0. The minimum Gasteiger partial charge on any atom is -0.361 e. The standard InChI is InChI=1S/C19H26N4O3/c1-12-11-16(21-26-12)17-7-5-6-9-22(17)18(25)8-10-23-14(3)19(15(4)24)13(2)20-23/h11,17H,5-10H2,1-4H3.